The first-order valence-electron chi connectivity index (χ1n) is 7.82. The number of methoxy groups -OCH3 is 1. The van der Waals surface area contributed by atoms with Gasteiger partial charge < -0.3 is 10.1 Å². The highest BCUT2D eigenvalue weighted by Crippen LogP contribution is 2.34. The van der Waals surface area contributed by atoms with Gasteiger partial charge in [-0.2, -0.15) is 0 Å². The van der Waals surface area contributed by atoms with Crippen molar-refractivity contribution in [1.29, 1.82) is 0 Å². The lowest BCUT2D eigenvalue weighted by molar-refractivity contribution is 0.275. The van der Waals surface area contributed by atoms with Crippen molar-refractivity contribution in [2.75, 3.05) is 13.7 Å². The minimum Gasteiger partial charge on any atom is -0.494 e. The second-order valence-electron chi connectivity index (χ2n) is 6.18. The number of halogens is 2. The van der Waals surface area contributed by atoms with Gasteiger partial charge in [0.05, 0.1) is 16.1 Å². The lowest BCUT2D eigenvalue weighted by Gasteiger charge is -2.26. The van der Waals surface area contributed by atoms with Crippen LogP contribution in [0.3, 0.4) is 0 Å². The second-order valence-corrected chi connectivity index (χ2v) is 7.89. The Bertz CT molecular complexity index is 433. The van der Waals surface area contributed by atoms with Gasteiger partial charge in [-0.1, -0.05) is 32.6 Å². The van der Waals surface area contributed by atoms with Gasteiger partial charge in [0.1, 0.15) is 5.75 Å². The highest BCUT2D eigenvalue weighted by Gasteiger charge is 2.17. The standard InChI is InChI=1S/C17H25Br2NO/c1-12-3-5-13(6-4-12)7-8-20-11-14-9-15(18)17(21-2)16(19)10-14/h9-10,12-13,20H,3-8,11H2,1-2H3. The van der Waals surface area contributed by atoms with Crippen LogP contribution in [-0.4, -0.2) is 13.7 Å². The lowest BCUT2D eigenvalue weighted by Crippen LogP contribution is -2.20. The van der Waals surface area contributed by atoms with Gasteiger partial charge >= 0.3 is 0 Å². The Kier molecular flexibility index (Phi) is 7.03. The van der Waals surface area contributed by atoms with Crippen molar-refractivity contribution >= 4 is 31.9 Å². The van der Waals surface area contributed by atoms with Crippen LogP contribution in [0.25, 0.3) is 0 Å². The molecule has 1 aliphatic carbocycles. The van der Waals surface area contributed by atoms with Crippen molar-refractivity contribution in [3.63, 3.8) is 0 Å². The zero-order valence-corrected chi connectivity index (χ0v) is 16.1. The summed E-state index contributed by atoms with van der Waals surface area (Å²) in [6, 6.07) is 4.25. The average Bonchev–Trinajstić information content (AvgIpc) is 2.45. The van der Waals surface area contributed by atoms with Crippen LogP contribution in [0.2, 0.25) is 0 Å². The molecular formula is C17H25Br2NO. The molecule has 1 N–H and O–H groups in total. The lowest BCUT2D eigenvalue weighted by atomic mass is 9.81. The largest absolute Gasteiger partial charge is 0.494 e. The summed E-state index contributed by atoms with van der Waals surface area (Å²) in [5.41, 5.74) is 1.27. The Labute approximate surface area is 145 Å². The summed E-state index contributed by atoms with van der Waals surface area (Å²) in [5, 5.41) is 3.57. The van der Waals surface area contributed by atoms with Crippen LogP contribution in [0.1, 0.15) is 44.6 Å². The molecule has 1 saturated carbocycles. The Balaban J connectivity index is 1.74. The summed E-state index contributed by atoms with van der Waals surface area (Å²) in [6.45, 7) is 4.40. The summed E-state index contributed by atoms with van der Waals surface area (Å²) in [5.74, 6) is 2.74. The molecule has 0 bridgehead atoms. The first-order valence-corrected chi connectivity index (χ1v) is 9.41. The molecule has 1 fully saturated rings. The van der Waals surface area contributed by atoms with Crippen LogP contribution in [0, 0.1) is 11.8 Å². The molecule has 0 aliphatic heterocycles. The van der Waals surface area contributed by atoms with Crippen molar-refractivity contribution < 1.29 is 4.74 Å². The predicted octanol–water partition coefficient (Wildman–Crippen LogP) is 5.53. The number of hydrogen-bond acceptors (Lipinski definition) is 2. The minimum atomic E-state index is 0.857. The molecule has 21 heavy (non-hydrogen) atoms. The third kappa shape index (κ3) is 5.26. The summed E-state index contributed by atoms with van der Waals surface area (Å²) in [4.78, 5) is 0. The zero-order chi connectivity index (χ0) is 15.2. The van der Waals surface area contributed by atoms with Crippen LogP contribution in [-0.2, 0) is 6.54 Å². The summed E-state index contributed by atoms with van der Waals surface area (Å²) in [7, 11) is 1.69. The third-order valence-electron chi connectivity index (χ3n) is 4.46. The quantitative estimate of drug-likeness (QED) is 0.613. The maximum Gasteiger partial charge on any atom is 0.147 e. The first kappa shape index (κ1) is 17.3. The van der Waals surface area contributed by atoms with Gasteiger partial charge in [-0.25, -0.2) is 0 Å². The Morgan fingerprint density at radius 2 is 1.76 bits per heavy atom. The number of rotatable bonds is 6. The maximum atomic E-state index is 5.33. The van der Waals surface area contributed by atoms with Crippen molar-refractivity contribution in [3.05, 3.63) is 26.6 Å². The Hall–Kier alpha value is -0.0600. The van der Waals surface area contributed by atoms with Crippen LogP contribution < -0.4 is 10.1 Å². The number of ether oxygens (including phenoxy) is 1. The average molecular weight is 419 g/mol. The van der Waals surface area contributed by atoms with Crippen molar-refractivity contribution in [2.45, 2.75) is 45.6 Å². The van der Waals surface area contributed by atoms with E-state index in [-0.39, 0.29) is 0 Å². The number of hydrogen-bond donors (Lipinski definition) is 1. The predicted molar refractivity (Wildman–Crippen MR) is 95.8 cm³/mol. The van der Waals surface area contributed by atoms with Crippen molar-refractivity contribution in [2.24, 2.45) is 11.8 Å². The second kappa shape index (κ2) is 8.54. The molecule has 0 spiro atoms. The summed E-state index contributed by atoms with van der Waals surface area (Å²) >= 11 is 7.10. The van der Waals surface area contributed by atoms with Crippen LogP contribution in [0.15, 0.2) is 21.1 Å². The molecule has 0 unspecified atom stereocenters. The fourth-order valence-corrected chi connectivity index (χ4v) is 4.67. The zero-order valence-electron chi connectivity index (χ0n) is 12.9. The highest BCUT2D eigenvalue weighted by molar-refractivity contribution is 9.11. The number of benzene rings is 1. The van der Waals surface area contributed by atoms with Crippen LogP contribution in [0.4, 0.5) is 0 Å². The van der Waals surface area contributed by atoms with Gasteiger partial charge in [-0.05, 0) is 74.4 Å². The van der Waals surface area contributed by atoms with E-state index >= 15 is 0 Å². The molecular weight excluding hydrogens is 394 g/mol. The normalized spacial score (nSPS) is 22.3. The third-order valence-corrected chi connectivity index (χ3v) is 5.63. The molecule has 0 amide bonds. The fraction of sp³-hybridized carbons (Fsp3) is 0.647. The van der Waals surface area contributed by atoms with E-state index in [2.05, 4.69) is 56.2 Å². The topological polar surface area (TPSA) is 21.3 Å². The van der Waals surface area contributed by atoms with Gasteiger partial charge in [-0.3, -0.25) is 0 Å². The molecule has 4 heteroatoms. The summed E-state index contributed by atoms with van der Waals surface area (Å²) < 4.78 is 7.33. The van der Waals surface area contributed by atoms with E-state index in [4.69, 9.17) is 4.74 Å². The van der Waals surface area contributed by atoms with E-state index in [1.807, 2.05) is 0 Å². The Morgan fingerprint density at radius 3 is 2.33 bits per heavy atom. The monoisotopic (exact) mass is 417 g/mol. The van der Waals surface area contributed by atoms with Gasteiger partial charge in [0, 0.05) is 6.54 Å². The van der Waals surface area contributed by atoms with Crippen LogP contribution in [0.5, 0.6) is 5.75 Å². The molecule has 1 aromatic rings. The SMILES string of the molecule is COc1c(Br)cc(CNCCC2CCC(C)CC2)cc1Br. The van der Waals surface area contributed by atoms with E-state index in [1.54, 1.807) is 7.11 Å². The minimum absolute atomic E-state index is 0.857. The molecule has 0 aromatic heterocycles. The fourth-order valence-electron chi connectivity index (χ4n) is 3.07. The van der Waals surface area contributed by atoms with Gasteiger partial charge in [0.25, 0.3) is 0 Å². The molecule has 1 aliphatic rings. The van der Waals surface area contributed by atoms with Crippen molar-refractivity contribution in [1.82, 2.24) is 5.32 Å². The van der Waals surface area contributed by atoms with E-state index in [1.165, 1.54) is 37.7 Å². The van der Waals surface area contributed by atoms with E-state index < -0.39 is 0 Å². The molecule has 0 atom stereocenters. The molecule has 2 nitrogen and oxygen atoms in total. The maximum absolute atomic E-state index is 5.33. The van der Waals surface area contributed by atoms with Crippen molar-refractivity contribution in [3.8, 4) is 5.75 Å². The van der Waals surface area contributed by atoms with Gasteiger partial charge in [-0.15, -0.1) is 0 Å². The van der Waals surface area contributed by atoms with Gasteiger partial charge in [0.2, 0.25) is 0 Å². The van der Waals surface area contributed by atoms with Gasteiger partial charge in [0.15, 0.2) is 0 Å². The molecule has 0 heterocycles. The van der Waals surface area contributed by atoms with E-state index in [0.29, 0.717) is 0 Å². The highest BCUT2D eigenvalue weighted by atomic mass is 79.9. The first-order chi connectivity index (χ1) is 10.1. The van der Waals surface area contributed by atoms with Crippen LogP contribution >= 0.6 is 31.9 Å². The summed E-state index contributed by atoms with van der Waals surface area (Å²) in [6.07, 6.45) is 6.99. The molecule has 2 rings (SSSR count). The van der Waals surface area contributed by atoms with E-state index in [9.17, 15) is 0 Å². The molecule has 118 valence electrons. The Morgan fingerprint density at radius 1 is 1.14 bits per heavy atom. The molecule has 1 aromatic carbocycles. The molecule has 0 saturated heterocycles. The number of nitrogens with one attached hydrogen (secondary N) is 1. The van der Waals surface area contributed by atoms with E-state index in [0.717, 1.165) is 39.6 Å². The molecule has 0 radical (unpaired) electrons. The smallest absolute Gasteiger partial charge is 0.147 e.